The third-order valence-corrected chi connectivity index (χ3v) is 9.63. The average Bonchev–Trinajstić information content (AvgIpc) is 3.06. The molecule has 236 valence electrons. The summed E-state index contributed by atoms with van der Waals surface area (Å²) < 4.78 is 35.7. The van der Waals surface area contributed by atoms with Crippen LogP contribution in [0.3, 0.4) is 0 Å². The van der Waals surface area contributed by atoms with Crippen LogP contribution in [0.2, 0.25) is 0 Å². The number of rotatable bonds is 15. The van der Waals surface area contributed by atoms with Crippen molar-refractivity contribution in [3.05, 3.63) is 125 Å². The van der Waals surface area contributed by atoms with Gasteiger partial charge in [-0.05, 0) is 53.9 Å². The van der Waals surface area contributed by atoms with Gasteiger partial charge in [0.1, 0.15) is 18.3 Å². The highest BCUT2D eigenvalue weighted by molar-refractivity contribution is 9.10. The number of carbonyl (C=O) groups excluding carboxylic acids is 2. The van der Waals surface area contributed by atoms with E-state index in [1.54, 1.807) is 42.5 Å². The predicted octanol–water partition coefficient (Wildman–Crippen LogP) is 6.21. The fourth-order valence-corrected chi connectivity index (χ4v) is 6.63. The molecule has 2 amide bonds. The van der Waals surface area contributed by atoms with Crippen molar-refractivity contribution in [1.82, 2.24) is 10.2 Å². The molecule has 4 aromatic carbocycles. The second-order valence-corrected chi connectivity index (χ2v) is 13.3. The smallest absolute Gasteiger partial charge is 0.264 e. The van der Waals surface area contributed by atoms with Gasteiger partial charge in [0.2, 0.25) is 11.8 Å². The topological polar surface area (TPSA) is 96.0 Å². The molecular weight excluding hydrogens is 654 g/mol. The van der Waals surface area contributed by atoms with Crippen LogP contribution in [0.1, 0.15) is 30.9 Å². The lowest BCUT2D eigenvalue weighted by molar-refractivity contribution is -0.140. The minimum Gasteiger partial charge on any atom is -0.495 e. The number of carbonyl (C=O) groups is 2. The van der Waals surface area contributed by atoms with E-state index in [0.29, 0.717) is 12.3 Å². The monoisotopic (exact) mass is 691 g/mol. The van der Waals surface area contributed by atoms with Crippen molar-refractivity contribution in [2.75, 3.05) is 24.5 Å². The van der Waals surface area contributed by atoms with Crippen molar-refractivity contribution in [2.24, 2.45) is 0 Å². The Bertz CT molecular complexity index is 1650. The van der Waals surface area contributed by atoms with Crippen LogP contribution in [-0.2, 0) is 32.6 Å². The highest BCUT2D eigenvalue weighted by Gasteiger charge is 2.35. The third-order valence-electron chi connectivity index (χ3n) is 7.33. The molecule has 0 aromatic heterocycles. The van der Waals surface area contributed by atoms with E-state index in [-0.39, 0.29) is 29.5 Å². The van der Waals surface area contributed by atoms with E-state index in [1.807, 2.05) is 61.5 Å². The van der Waals surface area contributed by atoms with Crippen molar-refractivity contribution < 1.29 is 22.7 Å². The van der Waals surface area contributed by atoms with Gasteiger partial charge in [0.05, 0.1) is 17.7 Å². The normalized spacial score (nSPS) is 11.8. The van der Waals surface area contributed by atoms with E-state index in [2.05, 4.69) is 21.2 Å². The maximum atomic E-state index is 14.5. The Kier molecular flexibility index (Phi) is 12.2. The number of ether oxygens (including phenoxy) is 1. The maximum Gasteiger partial charge on any atom is 0.264 e. The number of methoxy groups -OCH3 is 1. The van der Waals surface area contributed by atoms with E-state index >= 15 is 0 Å². The van der Waals surface area contributed by atoms with Gasteiger partial charge in [-0.1, -0.05) is 102 Å². The van der Waals surface area contributed by atoms with Crippen LogP contribution in [-0.4, -0.2) is 51.4 Å². The summed E-state index contributed by atoms with van der Waals surface area (Å²) in [5.74, 6) is -0.537. The van der Waals surface area contributed by atoms with Crippen LogP contribution in [0.4, 0.5) is 5.69 Å². The number of nitrogens with one attached hydrogen (secondary N) is 1. The number of halogens is 1. The van der Waals surface area contributed by atoms with E-state index in [0.717, 1.165) is 32.7 Å². The number of unbranched alkanes of at least 4 members (excludes halogenated alkanes) is 1. The summed E-state index contributed by atoms with van der Waals surface area (Å²) in [6.07, 6.45) is 1.94. The van der Waals surface area contributed by atoms with Crippen LogP contribution in [0.25, 0.3) is 0 Å². The van der Waals surface area contributed by atoms with Crippen LogP contribution >= 0.6 is 15.9 Å². The predicted molar refractivity (Wildman–Crippen MR) is 181 cm³/mol. The number of para-hydroxylation sites is 2. The summed E-state index contributed by atoms with van der Waals surface area (Å²) in [4.78, 5) is 29.9. The molecule has 0 fully saturated rings. The van der Waals surface area contributed by atoms with Crippen LogP contribution in [0.15, 0.2) is 119 Å². The average molecular weight is 693 g/mol. The molecule has 0 saturated carbocycles. The molecule has 0 heterocycles. The number of hydrogen-bond donors (Lipinski definition) is 1. The van der Waals surface area contributed by atoms with Gasteiger partial charge in [0, 0.05) is 24.0 Å². The Hall–Kier alpha value is -4.15. The Labute approximate surface area is 274 Å². The number of anilines is 1. The number of hydrogen-bond acceptors (Lipinski definition) is 5. The van der Waals surface area contributed by atoms with Crippen LogP contribution in [0.5, 0.6) is 5.75 Å². The minimum absolute atomic E-state index is 0.0290. The van der Waals surface area contributed by atoms with Crippen molar-refractivity contribution >= 4 is 43.5 Å². The SMILES string of the molecule is CCCCNC(=O)[C@@H](Cc1ccccc1)N(Cc1ccc(Br)cc1)C(=O)CN(c1ccccc1OC)S(=O)(=O)c1ccccc1. The minimum atomic E-state index is -4.22. The van der Waals surface area contributed by atoms with Gasteiger partial charge in [-0.15, -0.1) is 0 Å². The lowest BCUT2D eigenvalue weighted by Gasteiger charge is -2.34. The zero-order valence-electron chi connectivity index (χ0n) is 25.4. The first-order valence-electron chi connectivity index (χ1n) is 14.8. The van der Waals surface area contributed by atoms with Gasteiger partial charge in [-0.2, -0.15) is 0 Å². The highest BCUT2D eigenvalue weighted by atomic mass is 79.9. The molecule has 4 aromatic rings. The largest absolute Gasteiger partial charge is 0.495 e. The zero-order chi connectivity index (χ0) is 32.2. The standard InChI is InChI=1S/C35H38BrN3O5S/c1-3-4-23-37-35(41)32(24-27-13-7-5-8-14-27)38(25-28-19-21-29(36)22-20-28)34(40)26-39(31-17-11-12-18-33(31)44-2)45(42,43)30-15-9-6-10-16-30/h5-22,32H,3-4,23-26H2,1-2H3,(H,37,41)/t32-/m1/s1. The Morgan fingerprint density at radius 3 is 2.11 bits per heavy atom. The van der Waals surface area contributed by atoms with Crippen molar-refractivity contribution in [2.45, 2.75) is 43.7 Å². The molecule has 45 heavy (non-hydrogen) atoms. The Balaban J connectivity index is 1.80. The number of amides is 2. The molecule has 0 radical (unpaired) electrons. The van der Waals surface area contributed by atoms with Gasteiger partial charge in [-0.25, -0.2) is 8.42 Å². The van der Waals surface area contributed by atoms with Gasteiger partial charge >= 0.3 is 0 Å². The first-order valence-corrected chi connectivity index (χ1v) is 17.0. The Morgan fingerprint density at radius 1 is 0.844 bits per heavy atom. The summed E-state index contributed by atoms with van der Waals surface area (Å²) in [6.45, 7) is 2.05. The van der Waals surface area contributed by atoms with Crippen molar-refractivity contribution in [3.63, 3.8) is 0 Å². The molecule has 0 aliphatic rings. The first kappa shape index (κ1) is 33.7. The summed E-state index contributed by atoms with van der Waals surface area (Å²) in [6, 6.07) is 30.7. The molecule has 0 saturated heterocycles. The Morgan fingerprint density at radius 2 is 1.47 bits per heavy atom. The molecule has 1 atom stereocenters. The summed E-state index contributed by atoms with van der Waals surface area (Å²) in [5, 5.41) is 3.00. The van der Waals surface area contributed by atoms with Crippen LogP contribution < -0.4 is 14.4 Å². The van der Waals surface area contributed by atoms with Gasteiger partial charge in [0.15, 0.2) is 0 Å². The molecule has 0 aliphatic carbocycles. The van der Waals surface area contributed by atoms with E-state index in [4.69, 9.17) is 4.74 Å². The first-order chi connectivity index (χ1) is 21.7. The summed E-state index contributed by atoms with van der Waals surface area (Å²) in [5.41, 5.74) is 1.88. The highest BCUT2D eigenvalue weighted by Crippen LogP contribution is 2.32. The maximum absolute atomic E-state index is 14.5. The number of sulfonamides is 1. The van der Waals surface area contributed by atoms with Gasteiger partial charge in [0.25, 0.3) is 10.0 Å². The third kappa shape index (κ3) is 8.95. The van der Waals surface area contributed by atoms with Crippen molar-refractivity contribution in [3.8, 4) is 5.75 Å². The molecule has 8 nitrogen and oxygen atoms in total. The molecular formula is C35H38BrN3O5S. The summed E-state index contributed by atoms with van der Waals surface area (Å²) >= 11 is 3.46. The molecule has 10 heteroatoms. The fraction of sp³-hybridized carbons (Fsp3) is 0.257. The van der Waals surface area contributed by atoms with Crippen LogP contribution in [0, 0.1) is 0 Å². The van der Waals surface area contributed by atoms with E-state index in [9.17, 15) is 18.0 Å². The second kappa shape index (κ2) is 16.2. The van der Waals surface area contributed by atoms with Crippen molar-refractivity contribution in [1.29, 1.82) is 0 Å². The number of nitrogens with zero attached hydrogens (tertiary/aromatic N) is 2. The van der Waals surface area contributed by atoms with E-state index < -0.39 is 28.5 Å². The molecule has 1 N–H and O–H groups in total. The second-order valence-electron chi connectivity index (χ2n) is 10.5. The molecule has 0 spiro atoms. The molecule has 0 unspecified atom stereocenters. The molecule has 4 rings (SSSR count). The molecule has 0 bridgehead atoms. The summed E-state index contributed by atoms with van der Waals surface area (Å²) in [7, 11) is -2.77. The number of benzene rings is 4. The molecule has 0 aliphatic heterocycles. The van der Waals surface area contributed by atoms with Gasteiger partial charge < -0.3 is 15.0 Å². The lowest BCUT2D eigenvalue weighted by Crippen LogP contribution is -2.53. The lowest BCUT2D eigenvalue weighted by atomic mass is 10.0. The quantitative estimate of drug-likeness (QED) is 0.150. The van der Waals surface area contributed by atoms with Gasteiger partial charge in [-0.3, -0.25) is 13.9 Å². The fourth-order valence-electron chi connectivity index (χ4n) is 4.92. The van der Waals surface area contributed by atoms with E-state index in [1.165, 1.54) is 24.1 Å². The zero-order valence-corrected chi connectivity index (χ0v) is 27.8.